The molecule has 0 saturated carbocycles. The fraction of sp³-hybridized carbons (Fsp3) is 0.185. The zero-order chi connectivity index (χ0) is 60.1. The molecule has 81 heavy (non-hydrogen) atoms. The van der Waals surface area contributed by atoms with Gasteiger partial charge in [-0.3, -0.25) is 0 Å². The van der Waals surface area contributed by atoms with Gasteiger partial charge in [0.05, 0.1) is 50.7 Å². The van der Waals surface area contributed by atoms with E-state index in [9.17, 15) is 105 Å². The Morgan fingerprint density at radius 3 is 0.951 bits per heavy atom. The van der Waals surface area contributed by atoms with E-state index in [4.69, 9.17) is 0 Å². The molecule has 0 aliphatic carbocycles. The molecule has 7 aromatic carbocycles. The number of nitrogens with zero attached hydrogens (tertiary/aromatic N) is 2. The molecule has 0 atom stereocenters. The number of fused-ring (bicyclic) bond motifs is 1. The summed E-state index contributed by atoms with van der Waals surface area (Å²) in [7, 11) is 0. The highest BCUT2D eigenvalue weighted by Crippen LogP contribution is 2.41. The molecule has 0 amide bonds. The topological polar surface area (TPSA) is 16.8 Å². The van der Waals surface area contributed by atoms with E-state index in [0.29, 0.717) is 0 Å². The fourth-order valence-corrected chi connectivity index (χ4v) is 9.09. The molecule has 0 bridgehead atoms. The van der Waals surface area contributed by atoms with Crippen LogP contribution < -0.4 is 26.4 Å². The van der Waals surface area contributed by atoms with Crippen LogP contribution >= 0.6 is 0 Å². The van der Waals surface area contributed by atoms with Crippen molar-refractivity contribution in [2.45, 2.75) is 62.4 Å². The maximum Gasteiger partial charge on any atom is 0.416 e. The average molecular weight is 1170 g/mol. The van der Waals surface area contributed by atoms with Gasteiger partial charge in [-0.05, 0) is 40.6 Å². The summed E-state index contributed by atoms with van der Waals surface area (Å²) < 4.78 is 343. The summed E-state index contributed by atoms with van der Waals surface area (Å²) in [6, 6.07) is 16.8. The van der Waals surface area contributed by atoms with Crippen molar-refractivity contribution in [1.82, 2.24) is 4.98 Å². The lowest BCUT2D eigenvalue weighted by molar-refractivity contribution is -0.689. The van der Waals surface area contributed by atoms with Crippen LogP contribution in [-0.4, -0.2) is 11.1 Å². The molecule has 0 N–H and O–H groups in total. The van der Waals surface area contributed by atoms with Crippen LogP contribution in [0.15, 0.2) is 164 Å². The van der Waals surface area contributed by atoms with Crippen LogP contribution in [0.5, 0.6) is 0 Å². The van der Waals surface area contributed by atoms with Gasteiger partial charge in [-0.15, -0.1) is 0 Å². The van der Waals surface area contributed by atoms with Gasteiger partial charge in [0, 0.05) is 12.0 Å². The summed E-state index contributed by atoms with van der Waals surface area (Å²) in [6.07, 6.45) is -47.9. The molecule has 0 fully saturated rings. The van der Waals surface area contributed by atoms with Crippen LogP contribution in [0.4, 0.5) is 105 Å². The molecule has 0 radical (unpaired) electrons. The maximum absolute atomic E-state index is 14.2. The molecular formula is C54H31BF24N2. The first-order valence-electron chi connectivity index (χ1n) is 22.8. The van der Waals surface area contributed by atoms with Crippen molar-refractivity contribution in [1.29, 1.82) is 0 Å². The Kier molecular flexibility index (Phi) is 16.3. The molecule has 27 heteroatoms. The highest BCUT2D eigenvalue weighted by molar-refractivity contribution is 7.20. The summed E-state index contributed by atoms with van der Waals surface area (Å²) in [5.74, 6) is 0. The minimum absolute atomic E-state index is 0.691. The van der Waals surface area contributed by atoms with Gasteiger partial charge in [0.2, 0.25) is 0 Å². The molecule has 0 unspecified atom stereocenters. The third-order valence-electron chi connectivity index (χ3n) is 12.7. The Labute approximate surface area is 440 Å². The molecule has 2 nitrogen and oxygen atoms in total. The number of hydrogen-bond donors (Lipinski definition) is 0. The van der Waals surface area contributed by atoms with Gasteiger partial charge in [0.15, 0.2) is 18.9 Å². The van der Waals surface area contributed by atoms with Gasteiger partial charge in [-0.25, -0.2) is 4.98 Å². The second-order valence-electron chi connectivity index (χ2n) is 18.3. The smallest absolute Gasteiger partial charge is 0.248 e. The largest absolute Gasteiger partial charge is 0.416 e. The summed E-state index contributed by atoms with van der Waals surface area (Å²) in [5, 5.41) is 2.56. The zero-order valence-electron chi connectivity index (χ0n) is 40.0. The molecule has 1 heterocycles. The highest BCUT2D eigenvalue weighted by Gasteiger charge is 2.47. The van der Waals surface area contributed by atoms with Gasteiger partial charge in [-0.1, -0.05) is 121 Å². The Morgan fingerprint density at radius 2 is 0.630 bits per heavy atom. The van der Waals surface area contributed by atoms with E-state index >= 15 is 0 Å². The second kappa shape index (κ2) is 21.6. The normalized spacial score (nSPS) is 13.3. The third kappa shape index (κ3) is 14.2. The van der Waals surface area contributed by atoms with E-state index in [-0.39, 0.29) is 0 Å². The molecule has 8 aromatic rings. The number of benzene rings is 7. The van der Waals surface area contributed by atoms with Crippen molar-refractivity contribution in [3.8, 4) is 0 Å². The van der Waals surface area contributed by atoms with E-state index in [1.54, 1.807) is 0 Å². The molecular weight excluding hydrogens is 1140 g/mol. The van der Waals surface area contributed by atoms with E-state index in [1.807, 2.05) is 18.5 Å². The second-order valence-corrected chi connectivity index (χ2v) is 18.3. The van der Waals surface area contributed by atoms with Gasteiger partial charge < -0.3 is 0 Å². The summed E-state index contributed by atoms with van der Waals surface area (Å²) in [4.78, 5) is 4.54. The average Bonchev–Trinajstić information content (AvgIpc) is 3.32. The number of aromatic nitrogens is 2. The fourth-order valence-electron chi connectivity index (χ4n) is 9.09. The van der Waals surface area contributed by atoms with E-state index < -0.39 is 195 Å². The monoisotopic (exact) mass is 1170 g/mol. The van der Waals surface area contributed by atoms with E-state index in [0.717, 1.165) is 18.7 Å². The quantitative estimate of drug-likeness (QED) is 0.0842. The van der Waals surface area contributed by atoms with Crippen LogP contribution in [-0.2, 0) is 62.4 Å². The Balaban J connectivity index is 0.000000323. The predicted molar refractivity (Wildman–Crippen MR) is 247 cm³/mol. The molecule has 0 spiro atoms. The van der Waals surface area contributed by atoms with E-state index in [1.165, 1.54) is 21.9 Å². The Morgan fingerprint density at radius 1 is 0.321 bits per heavy atom. The molecule has 0 saturated heterocycles. The van der Waals surface area contributed by atoms with Crippen LogP contribution in [0.2, 0.25) is 0 Å². The summed E-state index contributed by atoms with van der Waals surface area (Å²) in [6.45, 7) is 0.869. The predicted octanol–water partition coefficient (Wildman–Crippen LogP) is 15.4. The third-order valence-corrected chi connectivity index (χ3v) is 12.7. The number of hydrogen-bond acceptors (Lipinski definition) is 1. The molecule has 1 aromatic heterocycles. The van der Waals surface area contributed by atoms with Gasteiger partial charge in [0.25, 0.3) is 0 Å². The lowest BCUT2D eigenvalue weighted by atomic mass is 9.12. The van der Waals surface area contributed by atoms with Crippen molar-refractivity contribution in [3.05, 3.63) is 226 Å². The SMILES string of the molecule is FC(F)(F)c1cc([B-](c2cc(C(F)(F)F)cc(C(F)(F)F)c2)(c2cc(C(F)(F)F)cc(C(F)(F)F)c2)c2cc(C(F)(F)F)cc(C(F)(F)F)c2)cc(C(F)(F)F)c1.c1ccc(C[n+]2ccnc(Cc3ccc4ccccc4c3)c2)cc1. The number of alkyl halides is 24. The van der Waals surface area contributed by atoms with Crippen LogP contribution in [0.3, 0.4) is 0 Å². The first-order valence-corrected chi connectivity index (χ1v) is 22.8. The lowest BCUT2D eigenvalue weighted by Gasteiger charge is -2.46. The number of halogens is 24. The Bertz CT molecular complexity index is 3110. The van der Waals surface area contributed by atoms with Crippen LogP contribution in [0, 0.1) is 0 Å². The molecule has 0 aliphatic rings. The summed E-state index contributed by atoms with van der Waals surface area (Å²) >= 11 is 0. The van der Waals surface area contributed by atoms with Crippen molar-refractivity contribution >= 4 is 38.8 Å². The first-order chi connectivity index (χ1) is 37.1. The van der Waals surface area contributed by atoms with Crippen molar-refractivity contribution < 1.29 is 110 Å². The van der Waals surface area contributed by atoms with Crippen molar-refractivity contribution in [2.24, 2.45) is 0 Å². The van der Waals surface area contributed by atoms with Crippen molar-refractivity contribution in [3.63, 3.8) is 0 Å². The molecule has 8 rings (SSSR count). The molecule has 0 aliphatic heterocycles. The van der Waals surface area contributed by atoms with Gasteiger partial charge >= 0.3 is 49.4 Å². The highest BCUT2D eigenvalue weighted by atomic mass is 19.4. The minimum Gasteiger partial charge on any atom is -0.248 e. The van der Waals surface area contributed by atoms with E-state index in [2.05, 4.69) is 82.5 Å². The van der Waals surface area contributed by atoms with Crippen LogP contribution in [0.25, 0.3) is 10.8 Å². The summed E-state index contributed by atoms with van der Waals surface area (Å²) in [5.41, 5.74) is -26.5. The van der Waals surface area contributed by atoms with Gasteiger partial charge in [-0.2, -0.15) is 132 Å². The lowest BCUT2D eigenvalue weighted by Crippen LogP contribution is -2.75. The molecule has 428 valence electrons. The van der Waals surface area contributed by atoms with Crippen LogP contribution in [0.1, 0.15) is 61.3 Å². The Hall–Kier alpha value is -7.74. The number of rotatable bonds is 8. The first kappa shape index (κ1) is 60.9. The standard InChI is InChI=1S/C32H12BF24.C22H19N2/c34-25(35,36)13-1-14(26(37,38)39)6-21(5-13)33(22-7-15(27(40,41)42)2-16(8-22)28(43,44)45,23-9-17(29(46,47)48)3-18(10-23)30(49,50)51)24-11-19(31(52,53)54)4-20(12-24)32(55,56)57;1-2-6-18(7-3-1)16-24-13-12-23-22(17-24)15-19-10-11-20-8-4-5-9-21(20)14-19/h1-12H;1-14,17H,15-16H2/q-1;+1. The zero-order valence-corrected chi connectivity index (χ0v) is 40.0. The van der Waals surface area contributed by atoms with Gasteiger partial charge in [0.1, 0.15) is 11.8 Å². The minimum atomic E-state index is -6.13. The van der Waals surface area contributed by atoms with Crippen molar-refractivity contribution in [2.75, 3.05) is 0 Å². The maximum atomic E-state index is 14.2.